The number of aromatic nitrogens is 1. The van der Waals surface area contributed by atoms with Crippen LogP contribution in [0.1, 0.15) is 21.5 Å². The number of terminal acetylenes is 1. The number of fused-ring (bicyclic) bond motifs is 1. The number of pyridine rings is 1. The lowest BCUT2D eigenvalue weighted by atomic mass is 9.96. The van der Waals surface area contributed by atoms with Gasteiger partial charge in [0.1, 0.15) is 0 Å². The summed E-state index contributed by atoms with van der Waals surface area (Å²) in [6.07, 6.45) is 7.39. The van der Waals surface area contributed by atoms with Crippen LogP contribution in [0.4, 0.5) is 0 Å². The molecule has 0 fully saturated rings. The normalized spacial score (nSPS) is 12.2. The summed E-state index contributed by atoms with van der Waals surface area (Å²) in [5, 5.41) is 3.27. The van der Waals surface area contributed by atoms with E-state index in [4.69, 9.17) is 16.1 Å². The van der Waals surface area contributed by atoms with Crippen molar-refractivity contribution in [3.8, 4) is 23.6 Å². The molecule has 0 unspecified atom stereocenters. The monoisotopic (exact) mass is 363 g/mol. The Morgan fingerprint density at radius 3 is 2.64 bits per heavy atom. The van der Waals surface area contributed by atoms with E-state index in [9.17, 15) is 4.79 Å². The summed E-state index contributed by atoms with van der Waals surface area (Å²) >= 11 is 0. The third-order valence-corrected chi connectivity index (χ3v) is 5.38. The maximum atomic E-state index is 12.6. The second kappa shape index (κ2) is 6.51. The number of hydrogen-bond donors (Lipinski definition) is 0. The van der Waals surface area contributed by atoms with Gasteiger partial charge in [0.15, 0.2) is 6.61 Å². The first-order chi connectivity index (χ1) is 13.8. The predicted molar refractivity (Wildman–Crippen MR) is 111 cm³/mol. The number of nitrogens with zero attached hydrogens (tertiary/aromatic N) is 1. The molecule has 3 nitrogen and oxygen atoms in total. The summed E-state index contributed by atoms with van der Waals surface area (Å²) < 4.78 is 5.21. The molecule has 0 bridgehead atoms. The lowest BCUT2D eigenvalue weighted by Crippen LogP contribution is -2.07. The summed E-state index contributed by atoms with van der Waals surface area (Å²) in [6, 6.07) is 20.1. The molecular formula is C25H17NO2. The number of aryl methyl sites for hydroxylation is 2. The molecule has 3 aromatic carbocycles. The highest BCUT2D eigenvalue weighted by Crippen LogP contribution is 2.37. The average molecular weight is 363 g/mol. The SMILES string of the molecule is C#CCOC(=O)c1cc(-c2ccc3c4c(cccc24)CC3)nc2ccccc12. The molecule has 0 radical (unpaired) electrons. The van der Waals surface area contributed by atoms with E-state index >= 15 is 0 Å². The molecule has 0 N–H and O–H groups in total. The molecule has 0 aliphatic heterocycles. The van der Waals surface area contributed by atoms with Crippen molar-refractivity contribution in [1.29, 1.82) is 0 Å². The molecule has 5 rings (SSSR count). The van der Waals surface area contributed by atoms with E-state index in [0.717, 1.165) is 35.0 Å². The molecule has 0 amide bonds. The first kappa shape index (κ1) is 16.5. The highest BCUT2D eigenvalue weighted by Gasteiger charge is 2.19. The number of carbonyl (C=O) groups excluding carboxylic acids is 1. The summed E-state index contributed by atoms with van der Waals surface area (Å²) in [5.74, 6) is 1.92. The third-order valence-electron chi connectivity index (χ3n) is 5.38. The van der Waals surface area contributed by atoms with Crippen molar-refractivity contribution in [2.45, 2.75) is 12.8 Å². The van der Waals surface area contributed by atoms with Crippen LogP contribution in [0.5, 0.6) is 0 Å². The second-order valence-electron chi connectivity index (χ2n) is 6.96. The molecule has 0 saturated heterocycles. The Balaban J connectivity index is 1.76. The van der Waals surface area contributed by atoms with E-state index in [0.29, 0.717) is 5.56 Å². The van der Waals surface area contributed by atoms with Gasteiger partial charge >= 0.3 is 5.97 Å². The van der Waals surface area contributed by atoms with Gasteiger partial charge in [-0.15, -0.1) is 6.42 Å². The Bertz CT molecular complexity index is 1290. The van der Waals surface area contributed by atoms with Gasteiger partial charge in [0.2, 0.25) is 0 Å². The number of esters is 1. The lowest BCUT2D eigenvalue weighted by molar-refractivity contribution is 0.0559. The van der Waals surface area contributed by atoms with Crippen molar-refractivity contribution in [2.24, 2.45) is 0 Å². The van der Waals surface area contributed by atoms with E-state index in [-0.39, 0.29) is 6.61 Å². The van der Waals surface area contributed by atoms with E-state index < -0.39 is 5.97 Å². The van der Waals surface area contributed by atoms with Gasteiger partial charge < -0.3 is 4.74 Å². The highest BCUT2D eigenvalue weighted by atomic mass is 16.5. The van der Waals surface area contributed by atoms with Gasteiger partial charge in [-0.3, -0.25) is 0 Å². The van der Waals surface area contributed by atoms with Crippen molar-refractivity contribution in [1.82, 2.24) is 4.98 Å². The minimum absolute atomic E-state index is 0.0498. The molecule has 4 aromatic rings. The van der Waals surface area contributed by atoms with Gasteiger partial charge in [0.05, 0.1) is 16.8 Å². The van der Waals surface area contributed by atoms with Gasteiger partial charge in [-0.2, -0.15) is 0 Å². The van der Waals surface area contributed by atoms with Gasteiger partial charge in [-0.25, -0.2) is 9.78 Å². The second-order valence-corrected chi connectivity index (χ2v) is 6.96. The molecule has 3 heteroatoms. The molecule has 1 aliphatic rings. The van der Waals surface area contributed by atoms with Gasteiger partial charge in [0, 0.05) is 10.9 Å². The fraction of sp³-hybridized carbons (Fsp3) is 0.120. The van der Waals surface area contributed by atoms with Crippen LogP contribution in [0.15, 0.2) is 60.7 Å². The van der Waals surface area contributed by atoms with Crippen molar-refractivity contribution in [2.75, 3.05) is 6.61 Å². The molecule has 0 saturated carbocycles. The van der Waals surface area contributed by atoms with E-state index in [1.807, 2.05) is 30.3 Å². The molecular weight excluding hydrogens is 346 g/mol. The van der Waals surface area contributed by atoms with E-state index in [2.05, 4.69) is 36.3 Å². The summed E-state index contributed by atoms with van der Waals surface area (Å²) in [7, 11) is 0. The zero-order valence-corrected chi connectivity index (χ0v) is 15.2. The minimum Gasteiger partial charge on any atom is -0.449 e. The highest BCUT2D eigenvalue weighted by molar-refractivity contribution is 6.07. The first-order valence-electron chi connectivity index (χ1n) is 9.30. The Hall–Kier alpha value is -3.64. The first-order valence-corrected chi connectivity index (χ1v) is 9.30. The number of hydrogen-bond acceptors (Lipinski definition) is 3. The molecule has 0 atom stereocenters. The Morgan fingerprint density at radius 2 is 1.79 bits per heavy atom. The number of rotatable bonds is 3. The van der Waals surface area contributed by atoms with Crippen LogP contribution in [0, 0.1) is 12.3 Å². The van der Waals surface area contributed by atoms with Gasteiger partial charge in [-0.1, -0.05) is 54.5 Å². The molecule has 0 spiro atoms. The zero-order chi connectivity index (χ0) is 19.1. The fourth-order valence-electron chi connectivity index (χ4n) is 4.14. The van der Waals surface area contributed by atoms with Crippen LogP contribution in [0.25, 0.3) is 32.9 Å². The molecule has 1 heterocycles. The standard InChI is InChI=1S/C25H17NO2/c1-2-14-28-25(27)21-15-23(26-22-9-4-3-7-18(21)22)19-13-12-17-11-10-16-6-5-8-20(19)24(16)17/h1,3-9,12-13,15H,10-11,14H2. The number of ether oxygens (including phenoxy) is 1. The Kier molecular flexibility index (Phi) is 3.84. The van der Waals surface area contributed by atoms with Crippen molar-refractivity contribution < 1.29 is 9.53 Å². The number of benzene rings is 3. The van der Waals surface area contributed by atoms with E-state index in [1.165, 1.54) is 21.9 Å². The molecule has 134 valence electrons. The minimum atomic E-state index is -0.427. The average Bonchev–Trinajstić information content (AvgIpc) is 3.16. The largest absolute Gasteiger partial charge is 0.449 e. The summed E-state index contributed by atoms with van der Waals surface area (Å²) in [6.45, 7) is -0.0498. The maximum Gasteiger partial charge on any atom is 0.339 e. The van der Waals surface area contributed by atoms with Crippen LogP contribution in [-0.4, -0.2) is 17.6 Å². The van der Waals surface area contributed by atoms with Crippen LogP contribution < -0.4 is 0 Å². The fourth-order valence-corrected chi connectivity index (χ4v) is 4.14. The summed E-state index contributed by atoms with van der Waals surface area (Å²) in [4.78, 5) is 17.5. The van der Waals surface area contributed by atoms with Gasteiger partial charge in [0.25, 0.3) is 0 Å². The van der Waals surface area contributed by atoms with Crippen molar-refractivity contribution >= 4 is 27.6 Å². The Labute approximate surface area is 163 Å². The van der Waals surface area contributed by atoms with Crippen LogP contribution in [-0.2, 0) is 17.6 Å². The number of para-hydroxylation sites is 1. The topological polar surface area (TPSA) is 39.2 Å². The number of carbonyl (C=O) groups is 1. The van der Waals surface area contributed by atoms with Crippen LogP contribution in [0.3, 0.4) is 0 Å². The van der Waals surface area contributed by atoms with Crippen LogP contribution >= 0.6 is 0 Å². The molecule has 1 aromatic heterocycles. The summed E-state index contributed by atoms with van der Waals surface area (Å²) in [5.41, 5.74) is 5.80. The molecule has 1 aliphatic carbocycles. The molecule has 28 heavy (non-hydrogen) atoms. The Morgan fingerprint density at radius 1 is 1.00 bits per heavy atom. The van der Waals surface area contributed by atoms with Gasteiger partial charge in [-0.05, 0) is 46.9 Å². The van der Waals surface area contributed by atoms with E-state index in [1.54, 1.807) is 0 Å². The maximum absolute atomic E-state index is 12.6. The van der Waals surface area contributed by atoms with Crippen molar-refractivity contribution in [3.63, 3.8) is 0 Å². The zero-order valence-electron chi connectivity index (χ0n) is 15.2. The van der Waals surface area contributed by atoms with Crippen LogP contribution in [0.2, 0.25) is 0 Å². The lowest BCUT2D eigenvalue weighted by Gasteiger charge is -2.12. The quantitative estimate of drug-likeness (QED) is 0.382. The third kappa shape index (κ3) is 2.54. The van der Waals surface area contributed by atoms with Crippen molar-refractivity contribution in [3.05, 3.63) is 77.4 Å². The smallest absolute Gasteiger partial charge is 0.339 e. The predicted octanol–water partition coefficient (Wildman–Crippen LogP) is 4.94.